The fourth-order valence-corrected chi connectivity index (χ4v) is 2.01. The maximum absolute atomic E-state index is 12.2. The number of pyridine rings is 1. The average Bonchev–Trinajstić information content (AvgIpc) is 2.38. The maximum atomic E-state index is 12.2. The highest BCUT2D eigenvalue weighted by Crippen LogP contribution is 2.21. The third-order valence-electron chi connectivity index (χ3n) is 2.82. The van der Waals surface area contributed by atoms with Gasteiger partial charge in [0.25, 0.3) is 5.91 Å². The standard InChI is InChI=1S/C15H12ClN3O/c1-9-3-6-13(10(2)18-9)15(20)19-14-7-12(16)5-4-11(14)8-17/h3-7H,1-2H3,(H,19,20). The van der Waals surface area contributed by atoms with E-state index in [1.807, 2.05) is 13.0 Å². The molecule has 4 nitrogen and oxygen atoms in total. The number of aromatic nitrogens is 1. The van der Waals surface area contributed by atoms with Crippen molar-refractivity contribution in [3.8, 4) is 6.07 Å². The van der Waals surface area contributed by atoms with Crippen molar-refractivity contribution in [2.45, 2.75) is 13.8 Å². The predicted molar refractivity (Wildman–Crippen MR) is 77.8 cm³/mol. The van der Waals surface area contributed by atoms with E-state index >= 15 is 0 Å². The molecule has 1 aromatic carbocycles. The van der Waals surface area contributed by atoms with Crippen LogP contribution in [0.3, 0.4) is 0 Å². The maximum Gasteiger partial charge on any atom is 0.257 e. The normalized spacial score (nSPS) is 9.90. The summed E-state index contributed by atoms with van der Waals surface area (Å²) in [5, 5.41) is 12.2. The highest BCUT2D eigenvalue weighted by atomic mass is 35.5. The lowest BCUT2D eigenvalue weighted by atomic mass is 10.1. The zero-order valence-corrected chi connectivity index (χ0v) is 11.8. The molecule has 0 spiro atoms. The minimum absolute atomic E-state index is 0.311. The fourth-order valence-electron chi connectivity index (χ4n) is 1.83. The SMILES string of the molecule is Cc1ccc(C(=O)Nc2cc(Cl)ccc2C#N)c(C)n1. The second kappa shape index (κ2) is 5.72. The quantitative estimate of drug-likeness (QED) is 0.918. The summed E-state index contributed by atoms with van der Waals surface area (Å²) < 4.78 is 0. The zero-order valence-electron chi connectivity index (χ0n) is 11.1. The molecule has 0 saturated heterocycles. The highest BCUT2D eigenvalue weighted by molar-refractivity contribution is 6.31. The van der Waals surface area contributed by atoms with Gasteiger partial charge in [-0.1, -0.05) is 11.6 Å². The lowest BCUT2D eigenvalue weighted by molar-refractivity contribution is 0.102. The smallest absolute Gasteiger partial charge is 0.257 e. The van der Waals surface area contributed by atoms with Gasteiger partial charge >= 0.3 is 0 Å². The van der Waals surface area contributed by atoms with Crippen LogP contribution in [-0.4, -0.2) is 10.9 Å². The Labute approximate surface area is 122 Å². The van der Waals surface area contributed by atoms with Crippen molar-refractivity contribution in [3.63, 3.8) is 0 Å². The van der Waals surface area contributed by atoms with E-state index in [0.29, 0.717) is 27.5 Å². The number of halogens is 1. The molecule has 0 fully saturated rings. The molecule has 5 heteroatoms. The van der Waals surface area contributed by atoms with E-state index in [2.05, 4.69) is 10.3 Å². The van der Waals surface area contributed by atoms with Crippen LogP contribution in [0, 0.1) is 25.2 Å². The highest BCUT2D eigenvalue weighted by Gasteiger charge is 2.12. The molecule has 20 heavy (non-hydrogen) atoms. The van der Waals surface area contributed by atoms with Crippen LogP contribution in [0.4, 0.5) is 5.69 Å². The molecular weight excluding hydrogens is 274 g/mol. The number of amides is 1. The van der Waals surface area contributed by atoms with Gasteiger partial charge in [0.1, 0.15) is 6.07 Å². The second-order valence-corrected chi connectivity index (χ2v) is 4.78. The average molecular weight is 286 g/mol. The predicted octanol–water partition coefficient (Wildman–Crippen LogP) is 3.48. The molecule has 2 aromatic rings. The number of aryl methyl sites for hydroxylation is 2. The molecule has 1 amide bonds. The van der Waals surface area contributed by atoms with Crippen molar-refractivity contribution in [1.29, 1.82) is 5.26 Å². The Hall–Kier alpha value is -2.38. The van der Waals surface area contributed by atoms with Gasteiger partial charge in [0.05, 0.1) is 22.5 Å². The molecule has 100 valence electrons. The Kier molecular flexibility index (Phi) is 4.02. The minimum atomic E-state index is -0.311. The van der Waals surface area contributed by atoms with Gasteiger partial charge in [0.15, 0.2) is 0 Å². The van der Waals surface area contributed by atoms with E-state index in [-0.39, 0.29) is 5.91 Å². The Morgan fingerprint density at radius 1 is 1.30 bits per heavy atom. The monoisotopic (exact) mass is 285 g/mol. The molecule has 0 aliphatic heterocycles. The Bertz CT molecular complexity index is 720. The van der Waals surface area contributed by atoms with Gasteiger partial charge in [-0.2, -0.15) is 5.26 Å². The van der Waals surface area contributed by atoms with E-state index in [0.717, 1.165) is 5.69 Å². The van der Waals surface area contributed by atoms with Gasteiger partial charge < -0.3 is 5.32 Å². The number of nitrogens with one attached hydrogen (secondary N) is 1. The topological polar surface area (TPSA) is 65.8 Å². The summed E-state index contributed by atoms with van der Waals surface area (Å²) in [6, 6.07) is 10.2. The van der Waals surface area contributed by atoms with Crippen LogP contribution < -0.4 is 5.32 Å². The number of carbonyl (C=O) groups excluding carboxylic acids is 1. The lowest BCUT2D eigenvalue weighted by Crippen LogP contribution is -2.15. The van der Waals surface area contributed by atoms with Gasteiger partial charge in [-0.05, 0) is 44.2 Å². The van der Waals surface area contributed by atoms with Gasteiger partial charge in [-0.3, -0.25) is 9.78 Å². The molecule has 0 atom stereocenters. The third kappa shape index (κ3) is 2.95. The first-order chi connectivity index (χ1) is 9.51. The summed E-state index contributed by atoms with van der Waals surface area (Å²) in [5.74, 6) is -0.311. The van der Waals surface area contributed by atoms with Gasteiger partial charge in [-0.25, -0.2) is 0 Å². The number of nitrogens with zero attached hydrogens (tertiary/aromatic N) is 2. The number of rotatable bonds is 2. The van der Waals surface area contributed by atoms with Crippen LogP contribution in [0.5, 0.6) is 0 Å². The number of hydrogen-bond donors (Lipinski definition) is 1. The Balaban J connectivity index is 2.33. The molecule has 1 aromatic heterocycles. The minimum Gasteiger partial charge on any atom is -0.321 e. The largest absolute Gasteiger partial charge is 0.321 e. The van der Waals surface area contributed by atoms with Crippen molar-refractivity contribution >= 4 is 23.2 Å². The van der Waals surface area contributed by atoms with Crippen molar-refractivity contribution < 1.29 is 4.79 Å². The number of hydrogen-bond acceptors (Lipinski definition) is 3. The Morgan fingerprint density at radius 3 is 2.70 bits per heavy atom. The summed E-state index contributed by atoms with van der Waals surface area (Å²) in [4.78, 5) is 16.5. The van der Waals surface area contributed by atoms with Crippen LogP contribution in [0.1, 0.15) is 27.3 Å². The number of nitriles is 1. The molecular formula is C15H12ClN3O. The van der Waals surface area contributed by atoms with Crippen LogP contribution in [0.15, 0.2) is 30.3 Å². The zero-order chi connectivity index (χ0) is 14.7. The molecule has 0 unspecified atom stereocenters. The van der Waals surface area contributed by atoms with Gasteiger partial charge in [0, 0.05) is 10.7 Å². The van der Waals surface area contributed by atoms with Gasteiger partial charge in [0.2, 0.25) is 0 Å². The van der Waals surface area contributed by atoms with Crippen LogP contribution >= 0.6 is 11.6 Å². The molecule has 1 heterocycles. The van der Waals surface area contributed by atoms with E-state index in [1.165, 1.54) is 0 Å². The third-order valence-corrected chi connectivity index (χ3v) is 3.06. The molecule has 1 N–H and O–H groups in total. The number of anilines is 1. The van der Waals surface area contributed by atoms with Crippen molar-refractivity contribution in [2.24, 2.45) is 0 Å². The summed E-state index contributed by atoms with van der Waals surface area (Å²) in [6.07, 6.45) is 0. The van der Waals surface area contributed by atoms with Crippen molar-refractivity contribution in [3.05, 3.63) is 57.9 Å². The van der Waals surface area contributed by atoms with E-state index in [9.17, 15) is 4.79 Å². The van der Waals surface area contributed by atoms with Crippen LogP contribution in [0.2, 0.25) is 5.02 Å². The number of carbonyl (C=O) groups is 1. The molecule has 2 rings (SSSR count). The first-order valence-electron chi connectivity index (χ1n) is 5.96. The first kappa shape index (κ1) is 14.0. The van der Waals surface area contributed by atoms with E-state index < -0.39 is 0 Å². The van der Waals surface area contributed by atoms with Crippen molar-refractivity contribution in [1.82, 2.24) is 4.98 Å². The Morgan fingerprint density at radius 2 is 2.05 bits per heavy atom. The molecule has 0 aliphatic carbocycles. The van der Waals surface area contributed by atoms with Crippen molar-refractivity contribution in [2.75, 3.05) is 5.32 Å². The first-order valence-corrected chi connectivity index (χ1v) is 6.34. The summed E-state index contributed by atoms with van der Waals surface area (Å²) in [6.45, 7) is 3.63. The molecule has 0 bridgehead atoms. The van der Waals surface area contributed by atoms with Crippen LogP contribution in [0.25, 0.3) is 0 Å². The summed E-state index contributed by atoms with van der Waals surface area (Å²) >= 11 is 5.88. The number of benzene rings is 1. The summed E-state index contributed by atoms with van der Waals surface area (Å²) in [7, 11) is 0. The summed E-state index contributed by atoms with van der Waals surface area (Å²) in [5.41, 5.74) is 2.72. The van der Waals surface area contributed by atoms with E-state index in [4.69, 9.17) is 16.9 Å². The molecule has 0 radical (unpaired) electrons. The van der Waals surface area contributed by atoms with Crippen LogP contribution in [-0.2, 0) is 0 Å². The second-order valence-electron chi connectivity index (χ2n) is 4.34. The molecule has 0 saturated carbocycles. The molecule has 0 aliphatic rings. The fraction of sp³-hybridized carbons (Fsp3) is 0.133. The lowest BCUT2D eigenvalue weighted by Gasteiger charge is -2.09. The van der Waals surface area contributed by atoms with E-state index in [1.54, 1.807) is 37.3 Å². The van der Waals surface area contributed by atoms with Gasteiger partial charge in [-0.15, -0.1) is 0 Å².